The van der Waals surface area contributed by atoms with Crippen LogP contribution >= 0.6 is 11.3 Å². The van der Waals surface area contributed by atoms with E-state index < -0.39 is 5.97 Å². The molecular weight excluding hydrogens is 262 g/mol. The number of phenolic OH excluding ortho intramolecular Hbond substituents is 1. The molecule has 0 fully saturated rings. The second-order valence-electron chi connectivity index (χ2n) is 4.25. The first kappa shape index (κ1) is 11.8. The molecule has 2 N–H and O–H groups in total. The van der Waals surface area contributed by atoms with E-state index in [2.05, 4.69) is 0 Å². The molecule has 3 rings (SSSR count). The average molecular weight is 273 g/mol. The van der Waals surface area contributed by atoms with E-state index in [4.69, 9.17) is 0 Å². The minimum atomic E-state index is -0.983. The minimum Gasteiger partial charge on any atom is -0.508 e. The van der Waals surface area contributed by atoms with Crippen LogP contribution in [0.5, 0.6) is 5.75 Å². The van der Waals surface area contributed by atoms with E-state index in [1.807, 2.05) is 22.1 Å². The molecule has 19 heavy (non-hydrogen) atoms. The average Bonchev–Trinajstić information content (AvgIpc) is 2.93. The number of aromatic hydroxyl groups is 1. The summed E-state index contributed by atoms with van der Waals surface area (Å²) in [7, 11) is 0. The van der Waals surface area contributed by atoms with Gasteiger partial charge in [0.1, 0.15) is 5.75 Å². The van der Waals surface area contributed by atoms with Crippen molar-refractivity contribution >= 4 is 28.2 Å². The minimum absolute atomic E-state index is 0.0679. The largest absolute Gasteiger partial charge is 0.508 e. The lowest BCUT2D eigenvalue weighted by Crippen LogP contribution is -2.00. The number of hydrogen-bond donors (Lipinski definition) is 2. The Balaban J connectivity index is 2.46. The van der Waals surface area contributed by atoms with Crippen molar-refractivity contribution in [2.75, 3.05) is 0 Å². The van der Waals surface area contributed by atoms with Gasteiger partial charge in [0.25, 0.3) is 0 Å². The van der Waals surface area contributed by atoms with E-state index in [-0.39, 0.29) is 11.3 Å². The van der Waals surface area contributed by atoms with Gasteiger partial charge in [0.2, 0.25) is 0 Å². The summed E-state index contributed by atoms with van der Waals surface area (Å²) >= 11 is 1.54. The van der Waals surface area contributed by atoms with Crippen molar-refractivity contribution in [2.24, 2.45) is 0 Å². The second kappa shape index (κ2) is 4.13. The van der Waals surface area contributed by atoms with Crippen LogP contribution < -0.4 is 0 Å². The van der Waals surface area contributed by atoms with Gasteiger partial charge < -0.3 is 14.8 Å². The Kier molecular flexibility index (Phi) is 2.57. The number of thiophene rings is 1. The highest BCUT2D eigenvalue weighted by molar-refractivity contribution is 7.12. The van der Waals surface area contributed by atoms with Gasteiger partial charge in [-0.3, -0.25) is 0 Å². The number of phenols is 1. The van der Waals surface area contributed by atoms with Crippen LogP contribution in [0.1, 0.15) is 16.1 Å². The van der Waals surface area contributed by atoms with Crippen molar-refractivity contribution in [3.8, 4) is 10.8 Å². The predicted octanol–water partition coefficient (Wildman–Crippen LogP) is 3.40. The first-order valence-electron chi connectivity index (χ1n) is 5.71. The van der Waals surface area contributed by atoms with Crippen LogP contribution in [0.4, 0.5) is 0 Å². The molecule has 0 bridgehead atoms. The van der Waals surface area contributed by atoms with E-state index in [1.54, 1.807) is 30.4 Å². The van der Waals surface area contributed by atoms with Gasteiger partial charge in [-0.05, 0) is 42.6 Å². The zero-order valence-electron chi connectivity index (χ0n) is 10.1. The lowest BCUT2D eigenvalue weighted by Gasteiger charge is -2.04. The fourth-order valence-electron chi connectivity index (χ4n) is 2.36. The Morgan fingerprint density at radius 3 is 2.74 bits per heavy atom. The van der Waals surface area contributed by atoms with Gasteiger partial charge in [-0.2, -0.15) is 0 Å². The van der Waals surface area contributed by atoms with Gasteiger partial charge in [0, 0.05) is 11.1 Å². The highest BCUT2D eigenvalue weighted by Gasteiger charge is 2.20. The number of aromatic carboxylic acids is 1. The molecule has 96 valence electrons. The molecule has 0 atom stereocenters. The molecule has 0 aliphatic rings. The third kappa shape index (κ3) is 1.70. The number of rotatable bonds is 2. The molecule has 5 heteroatoms. The van der Waals surface area contributed by atoms with Crippen molar-refractivity contribution in [3.05, 3.63) is 47.0 Å². The van der Waals surface area contributed by atoms with Crippen LogP contribution in [0.3, 0.4) is 0 Å². The van der Waals surface area contributed by atoms with Crippen LogP contribution in [-0.2, 0) is 0 Å². The van der Waals surface area contributed by atoms with E-state index >= 15 is 0 Å². The first-order valence-corrected chi connectivity index (χ1v) is 6.59. The Morgan fingerprint density at radius 2 is 2.11 bits per heavy atom. The Bertz CT molecular complexity index is 772. The number of benzene rings is 1. The zero-order chi connectivity index (χ0) is 13.6. The van der Waals surface area contributed by atoms with Gasteiger partial charge in [0.15, 0.2) is 0 Å². The van der Waals surface area contributed by atoms with Crippen molar-refractivity contribution in [1.29, 1.82) is 0 Å². The quantitative estimate of drug-likeness (QED) is 0.752. The number of aromatic nitrogens is 1. The maximum Gasteiger partial charge on any atom is 0.338 e. The topological polar surface area (TPSA) is 62.5 Å². The summed E-state index contributed by atoms with van der Waals surface area (Å²) in [5.74, 6) is -0.915. The third-order valence-electron chi connectivity index (χ3n) is 3.13. The molecule has 2 heterocycles. The smallest absolute Gasteiger partial charge is 0.338 e. The number of carboxylic acids is 1. The van der Waals surface area contributed by atoms with Gasteiger partial charge in [-0.1, -0.05) is 0 Å². The number of nitrogens with zero attached hydrogens (tertiary/aromatic N) is 1. The first-order chi connectivity index (χ1) is 9.09. The number of fused-ring (bicyclic) bond motifs is 1. The lowest BCUT2D eigenvalue weighted by atomic mass is 10.1. The SMILES string of the molecule is Cc1c(C(=O)O)c2cc(O)ccc2n1-c1cccs1. The van der Waals surface area contributed by atoms with E-state index in [0.29, 0.717) is 11.1 Å². The molecule has 0 saturated carbocycles. The highest BCUT2D eigenvalue weighted by atomic mass is 32.1. The maximum absolute atomic E-state index is 11.4. The summed E-state index contributed by atoms with van der Waals surface area (Å²) in [6.07, 6.45) is 0. The highest BCUT2D eigenvalue weighted by Crippen LogP contribution is 2.32. The van der Waals surface area contributed by atoms with E-state index in [0.717, 1.165) is 10.5 Å². The molecule has 4 nitrogen and oxygen atoms in total. The summed E-state index contributed by atoms with van der Waals surface area (Å²) in [6.45, 7) is 1.78. The van der Waals surface area contributed by atoms with Crippen LogP contribution in [0.25, 0.3) is 15.9 Å². The standard InChI is InChI=1S/C14H11NO3S/c1-8-13(14(17)18)10-7-9(16)4-5-11(10)15(8)12-3-2-6-19-12/h2-7,16H,1H3,(H,17,18). The molecule has 0 aliphatic carbocycles. The molecule has 0 spiro atoms. The molecule has 3 aromatic rings. The van der Waals surface area contributed by atoms with Crippen molar-refractivity contribution in [1.82, 2.24) is 4.57 Å². The van der Waals surface area contributed by atoms with Crippen molar-refractivity contribution in [3.63, 3.8) is 0 Å². The van der Waals surface area contributed by atoms with Crippen LogP contribution in [0, 0.1) is 6.92 Å². The predicted molar refractivity (Wildman–Crippen MR) is 74.5 cm³/mol. The summed E-state index contributed by atoms with van der Waals surface area (Å²) in [4.78, 5) is 11.4. The molecule has 0 saturated heterocycles. The summed E-state index contributed by atoms with van der Waals surface area (Å²) < 4.78 is 1.91. The molecule has 0 amide bonds. The van der Waals surface area contributed by atoms with Gasteiger partial charge in [0.05, 0.1) is 16.1 Å². The van der Waals surface area contributed by atoms with Crippen LogP contribution in [0.15, 0.2) is 35.7 Å². The molecule has 2 aromatic heterocycles. The summed E-state index contributed by atoms with van der Waals surface area (Å²) in [5.41, 5.74) is 1.69. The fourth-order valence-corrected chi connectivity index (χ4v) is 3.15. The number of carbonyl (C=O) groups is 1. The Labute approximate surface area is 113 Å². The van der Waals surface area contributed by atoms with Gasteiger partial charge in [-0.25, -0.2) is 4.79 Å². The second-order valence-corrected chi connectivity index (χ2v) is 5.18. The summed E-state index contributed by atoms with van der Waals surface area (Å²) in [6, 6.07) is 8.67. The van der Waals surface area contributed by atoms with Gasteiger partial charge in [-0.15, -0.1) is 11.3 Å². The molecule has 0 aliphatic heterocycles. The van der Waals surface area contributed by atoms with Gasteiger partial charge >= 0.3 is 5.97 Å². The fraction of sp³-hybridized carbons (Fsp3) is 0.0714. The molecular formula is C14H11NO3S. The number of carboxylic acid groups (broad SMARTS) is 1. The molecule has 1 aromatic carbocycles. The lowest BCUT2D eigenvalue weighted by molar-refractivity contribution is 0.0698. The van der Waals surface area contributed by atoms with Crippen molar-refractivity contribution < 1.29 is 15.0 Å². The van der Waals surface area contributed by atoms with E-state index in [1.165, 1.54) is 6.07 Å². The number of hydrogen-bond acceptors (Lipinski definition) is 3. The summed E-state index contributed by atoms with van der Waals surface area (Å²) in [5, 5.41) is 22.4. The Hall–Kier alpha value is -2.27. The van der Waals surface area contributed by atoms with Crippen LogP contribution in [0.2, 0.25) is 0 Å². The van der Waals surface area contributed by atoms with E-state index in [9.17, 15) is 15.0 Å². The third-order valence-corrected chi connectivity index (χ3v) is 3.98. The monoisotopic (exact) mass is 273 g/mol. The molecule has 0 radical (unpaired) electrons. The molecule has 0 unspecified atom stereocenters. The zero-order valence-corrected chi connectivity index (χ0v) is 10.9. The maximum atomic E-state index is 11.4. The van der Waals surface area contributed by atoms with Crippen LogP contribution in [-0.4, -0.2) is 20.7 Å². The normalized spacial score (nSPS) is 11.0. The van der Waals surface area contributed by atoms with Crippen molar-refractivity contribution in [2.45, 2.75) is 6.92 Å². The Morgan fingerprint density at radius 1 is 1.32 bits per heavy atom.